The summed E-state index contributed by atoms with van der Waals surface area (Å²) in [4.78, 5) is 7.69. The van der Waals surface area contributed by atoms with E-state index in [4.69, 9.17) is 0 Å². The van der Waals surface area contributed by atoms with E-state index < -0.39 is 0 Å². The number of aliphatic imine (C=N–C) groups is 2. The molecule has 0 bridgehead atoms. The van der Waals surface area contributed by atoms with Crippen LogP contribution in [-0.2, 0) is 0 Å². The van der Waals surface area contributed by atoms with Crippen molar-refractivity contribution in [1.29, 1.82) is 0 Å². The molecular weight excluding hydrogens is 160 g/mol. The first-order valence-corrected chi connectivity index (χ1v) is 3.84. The van der Waals surface area contributed by atoms with Gasteiger partial charge in [-0.3, -0.25) is 9.98 Å². The second-order valence-corrected chi connectivity index (χ2v) is 2.22. The van der Waals surface area contributed by atoms with Gasteiger partial charge in [-0.05, 0) is 17.2 Å². The van der Waals surface area contributed by atoms with Gasteiger partial charge in [-0.15, -0.1) is 0 Å². The number of rotatable bonds is 5. The van der Waals surface area contributed by atoms with Crippen LogP contribution in [0.5, 0.6) is 0 Å². The highest BCUT2D eigenvalue weighted by Crippen LogP contribution is 2.05. The summed E-state index contributed by atoms with van der Waals surface area (Å²) in [6, 6.07) is 0. The molecule has 0 saturated carbocycles. The molecule has 0 amide bonds. The molecule has 0 fully saturated rings. The lowest BCUT2D eigenvalue weighted by atomic mass is 10.1. The molecule has 68 valence electrons. The number of hydrogen-bond acceptors (Lipinski definition) is 2. The normalized spacial score (nSPS) is 12.2. The van der Waals surface area contributed by atoms with E-state index in [1.165, 1.54) is 6.20 Å². The van der Waals surface area contributed by atoms with Gasteiger partial charge in [-0.25, -0.2) is 0 Å². The molecule has 0 radical (unpaired) electrons. The van der Waals surface area contributed by atoms with Gasteiger partial charge in [0.05, 0.1) is 0 Å². The molecule has 0 spiro atoms. The maximum Gasteiger partial charge on any atom is 0.0340 e. The van der Waals surface area contributed by atoms with Crippen molar-refractivity contribution in [3.63, 3.8) is 0 Å². The fraction of sp³-hybridized carbons (Fsp3) is 0.0909. The van der Waals surface area contributed by atoms with Crippen molar-refractivity contribution < 1.29 is 0 Å². The molecule has 2 heteroatoms. The van der Waals surface area contributed by atoms with Crippen LogP contribution in [0, 0.1) is 0 Å². The SMILES string of the molecule is C=C/N=C\C(=C)/C(C=C)=C/C=N\C. The Bertz CT molecular complexity index is 280. The van der Waals surface area contributed by atoms with Crippen molar-refractivity contribution >= 4 is 12.4 Å². The van der Waals surface area contributed by atoms with Gasteiger partial charge in [-0.1, -0.05) is 25.8 Å². The van der Waals surface area contributed by atoms with E-state index in [0.717, 1.165) is 11.1 Å². The van der Waals surface area contributed by atoms with Crippen molar-refractivity contribution in [2.45, 2.75) is 0 Å². The smallest absolute Gasteiger partial charge is 0.0340 e. The minimum atomic E-state index is 0.787. The molecule has 0 unspecified atom stereocenters. The van der Waals surface area contributed by atoms with Crippen LogP contribution in [0.2, 0.25) is 0 Å². The number of nitrogens with zero attached hydrogens (tertiary/aromatic N) is 2. The summed E-state index contributed by atoms with van der Waals surface area (Å²) >= 11 is 0. The zero-order chi connectivity index (χ0) is 10.1. The van der Waals surface area contributed by atoms with Gasteiger partial charge < -0.3 is 0 Å². The largest absolute Gasteiger partial charge is 0.296 e. The topological polar surface area (TPSA) is 24.7 Å². The monoisotopic (exact) mass is 174 g/mol. The Morgan fingerprint density at radius 3 is 2.46 bits per heavy atom. The zero-order valence-electron chi connectivity index (χ0n) is 7.90. The first kappa shape index (κ1) is 11.3. The number of hydrogen-bond donors (Lipinski definition) is 0. The third kappa shape index (κ3) is 4.69. The van der Waals surface area contributed by atoms with Gasteiger partial charge in [0, 0.05) is 25.7 Å². The lowest BCUT2D eigenvalue weighted by molar-refractivity contribution is 1.47. The van der Waals surface area contributed by atoms with Crippen LogP contribution < -0.4 is 0 Å². The van der Waals surface area contributed by atoms with Crippen LogP contribution >= 0.6 is 0 Å². The molecule has 0 aliphatic rings. The molecule has 0 N–H and O–H groups in total. The van der Waals surface area contributed by atoms with Crippen LogP contribution in [0.3, 0.4) is 0 Å². The predicted octanol–water partition coefficient (Wildman–Crippen LogP) is 2.57. The number of allylic oxidation sites excluding steroid dienone is 4. The molecule has 0 aliphatic heterocycles. The lowest BCUT2D eigenvalue weighted by Gasteiger charge is -1.97. The fourth-order valence-corrected chi connectivity index (χ4v) is 0.678. The van der Waals surface area contributed by atoms with Gasteiger partial charge in [0.1, 0.15) is 0 Å². The molecule has 0 aromatic rings. The summed E-state index contributed by atoms with van der Waals surface area (Å²) in [6.45, 7) is 11.0. The van der Waals surface area contributed by atoms with E-state index >= 15 is 0 Å². The molecule has 13 heavy (non-hydrogen) atoms. The molecule has 0 heterocycles. The van der Waals surface area contributed by atoms with Crippen LogP contribution in [0.4, 0.5) is 0 Å². The van der Waals surface area contributed by atoms with Gasteiger partial charge >= 0.3 is 0 Å². The molecule has 0 atom stereocenters. The van der Waals surface area contributed by atoms with Crippen LogP contribution in [-0.4, -0.2) is 19.5 Å². The average Bonchev–Trinajstić information content (AvgIpc) is 2.16. The molecule has 0 aromatic carbocycles. The average molecular weight is 174 g/mol. The first-order valence-electron chi connectivity index (χ1n) is 3.84. The third-order valence-corrected chi connectivity index (χ3v) is 1.33. The maximum absolute atomic E-state index is 3.85. The Morgan fingerprint density at radius 2 is 2.00 bits per heavy atom. The summed E-state index contributed by atoms with van der Waals surface area (Å²) in [6.07, 6.45) is 8.30. The van der Waals surface area contributed by atoms with Crippen molar-refractivity contribution in [2.24, 2.45) is 9.98 Å². The predicted molar refractivity (Wildman–Crippen MR) is 60.5 cm³/mol. The van der Waals surface area contributed by atoms with E-state index in [1.54, 1.807) is 25.6 Å². The van der Waals surface area contributed by atoms with Crippen molar-refractivity contribution in [1.82, 2.24) is 0 Å². The van der Waals surface area contributed by atoms with Gasteiger partial charge in [0.2, 0.25) is 0 Å². The minimum Gasteiger partial charge on any atom is -0.296 e. The first-order chi connectivity index (χ1) is 6.26. The molecular formula is C11H14N2. The Balaban J connectivity index is 4.58. The zero-order valence-corrected chi connectivity index (χ0v) is 7.90. The van der Waals surface area contributed by atoms with E-state index in [0.29, 0.717) is 0 Å². The standard InChI is InChI=1S/C11H14N2/c1-5-11(7-8-12-4)10(3)9-13-6-2/h5-9H,1-3H2,4H3/b11-7+,12-8-,13-9-. The van der Waals surface area contributed by atoms with Gasteiger partial charge in [0.15, 0.2) is 0 Å². The van der Waals surface area contributed by atoms with E-state index in [-0.39, 0.29) is 0 Å². The molecule has 0 aliphatic carbocycles. The molecule has 2 nitrogen and oxygen atoms in total. The Morgan fingerprint density at radius 1 is 1.31 bits per heavy atom. The Kier molecular flexibility index (Phi) is 6.06. The van der Waals surface area contributed by atoms with E-state index in [2.05, 4.69) is 29.7 Å². The van der Waals surface area contributed by atoms with Crippen molar-refractivity contribution in [3.8, 4) is 0 Å². The Labute approximate surface area is 79.4 Å². The fourth-order valence-electron chi connectivity index (χ4n) is 0.678. The summed E-state index contributed by atoms with van der Waals surface area (Å²) in [5.74, 6) is 0. The quantitative estimate of drug-likeness (QED) is 0.452. The summed E-state index contributed by atoms with van der Waals surface area (Å²) in [7, 11) is 1.71. The second-order valence-electron chi connectivity index (χ2n) is 2.22. The van der Waals surface area contributed by atoms with E-state index in [9.17, 15) is 0 Å². The van der Waals surface area contributed by atoms with Crippen molar-refractivity contribution in [2.75, 3.05) is 7.05 Å². The summed E-state index contributed by atoms with van der Waals surface area (Å²) < 4.78 is 0. The van der Waals surface area contributed by atoms with Crippen LogP contribution in [0.25, 0.3) is 0 Å². The second kappa shape index (κ2) is 6.98. The third-order valence-electron chi connectivity index (χ3n) is 1.33. The van der Waals surface area contributed by atoms with Gasteiger partial charge in [-0.2, -0.15) is 0 Å². The van der Waals surface area contributed by atoms with Crippen LogP contribution in [0.15, 0.2) is 59.2 Å². The lowest BCUT2D eigenvalue weighted by Crippen LogP contribution is -1.86. The maximum atomic E-state index is 3.85. The molecule has 0 saturated heterocycles. The van der Waals surface area contributed by atoms with E-state index in [1.807, 2.05) is 6.08 Å². The molecule has 0 aromatic heterocycles. The summed E-state index contributed by atoms with van der Waals surface area (Å²) in [5, 5.41) is 0. The highest BCUT2D eigenvalue weighted by Gasteiger charge is 1.92. The Hall–Kier alpha value is -1.70. The molecule has 0 rings (SSSR count). The van der Waals surface area contributed by atoms with Gasteiger partial charge in [0.25, 0.3) is 0 Å². The highest BCUT2D eigenvalue weighted by molar-refractivity contribution is 5.88. The van der Waals surface area contributed by atoms with Crippen molar-refractivity contribution in [3.05, 3.63) is 49.2 Å². The summed E-state index contributed by atoms with van der Waals surface area (Å²) in [5.41, 5.74) is 1.69. The van der Waals surface area contributed by atoms with Crippen LogP contribution in [0.1, 0.15) is 0 Å². The highest BCUT2D eigenvalue weighted by atomic mass is 14.7. The minimum absolute atomic E-state index is 0.787.